The lowest BCUT2D eigenvalue weighted by Gasteiger charge is -2.11. The summed E-state index contributed by atoms with van der Waals surface area (Å²) in [7, 11) is 0. The van der Waals surface area contributed by atoms with Gasteiger partial charge < -0.3 is 9.88 Å². The zero-order valence-corrected chi connectivity index (χ0v) is 16.4. The Labute approximate surface area is 159 Å². The van der Waals surface area contributed by atoms with E-state index >= 15 is 0 Å². The minimum atomic E-state index is -0.175. The highest BCUT2D eigenvalue weighted by molar-refractivity contribution is 14.1. The number of pyridine rings is 1. The number of benzene rings is 1. The molecule has 2 aromatic heterocycles. The molecule has 7 heteroatoms. The van der Waals surface area contributed by atoms with E-state index in [0.29, 0.717) is 22.9 Å². The lowest BCUT2D eigenvalue weighted by molar-refractivity contribution is 0.102. The molecule has 0 radical (unpaired) electrons. The van der Waals surface area contributed by atoms with Crippen molar-refractivity contribution in [2.75, 3.05) is 5.32 Å². The van der Waals surface area contributed by atoms with Crippen LogP contribution >= 0.6 is 22.6 Å². The average molecular weight is 447 g/mol. The molecule has 1 aromatic carbocycles. The minimum Gasteiger partial charge on any atom is -0.310 e. The summed E-state index contributed by atoms with van der Waals surface area (Å²) < 4.78 is 2.96. The van der Waals surface area contributed by atoms with Gasteiger partial charge in [0.05, 0.1) is 0 Å². The van der Waals surface area contributed by atoms with E-state index in [0.717, 1.165) is 9.13 Å². The van der Waals surface area contributed by atoms with Crippen molar-refractivity contribution in [3.05, 3.63) is 57.4 Å². The van der Waals surface area contributed by atoms with Crippen LogP contribution in [-0.4, -0.2) is 25.7 Å². The molecule has 6 nitrogen and oxygen atoms in total. The van der Waals surface area contributed by atoms with Crippen LogP contribution in [-0.2, 0) is 0 Å². The standard InChI is InChI=1S/C18H18IN5O/c1-11(2)24-10-20-23-17(24)15-5-4-6-16(21-15)22-18(25)14-9-13(19)8-7-12(14)3/h4-11H,1-3H3,(H,21,22,25). The van der Waals surface area contributed by atoms with Crippen molar-refractivity contribution >= 4 is 34.3 Å². The van der Waals surface area contributed by atoms with E-state index in [1.165, 1.54) is 0 Å². The van der Waals surface area contributed by atoms with E-state index in [1.54, 1.807) is 12.4 Å². The SMILES string of the molecule is Cc1ccc(I)cc1C(=O)Nc1cccc(-c2nncn2C(C)C)n1. The van der Waals surface area contributed by atoms with E-state index < -0.39 is 0 Å². The molecule has 3 aromatic rings. The van der Waals surface area contributed by atoms with Gasteiger partial charge in [-0.15, -0.1) is 10.2 Å². The van der Waals surface area contributed by atoms with Crippen molar-refractivity contribution in [3.63, 3.8) is 0 Å². The quantitative estimate of drug-likeness (QED) is 0.612. The number of anilines is 1. The Morgan fingerprint density at radius 3 is 2.80 bits per heavy atom. The second kappa shape index (κ2) is 7.30. The van der Waals surface area contributed by atoms with Gasteiger partial charge in [0.25, 0.3) is 5.91 Å². The Hall–Kier alpha value is -2.29. The Morgan fingerprint density at radius 1 is 1.24 bits per heavy atom. The fourth-order valence-corrected chi connectivity index (χ4v) is 2.95. The molecule has 128 valence electrons. The molecule has 0 aliphatic rings. The Bertz CT molecular complexity index is 919. The smallest absolute Gasteiger partial charge is 0.257 e. The van der Waals surface area contributed by atoms with Gasteiger partial charge in [-0.2, -0.15) is 0 Å². The summed E-state index contributed by atoms with van der Waals surface area (Å²) in [6.07, 6.45) is 1.68. The number of amides is 1. The number of hydrogen-bond acceptors (Lipinski definition) is 4. The topological polar surface area (TPSA) is 72.7 Å². The third-order valence-electron chi connectivity index (χ3n) is 3.79. The van der Waals surface area contributed by atoms with Crippen LogP contribution in [0.4, 0.5) is 5.82 Å². The fraction of sp³-hybridized carbons (Fsp3) is 0.222. The highest BCUT2D eigenvalue weighted by Gasteiger charge is 2.14. The van der Waals surface area contributed by atoms with Crippen molar-refractivity contribution in [1.29, 1.82) is 0 Å². The Kier molecular flexibility index (Phi) is 5.12. The highest BCUT2D eigenvalue weighted by atomic mass is 127. The molecule has 0 atom stereocenters. The van der Waals surface area contributed by atoms with E-state index in [4.69, 9.17) is 0 Å². The lowest BCUT2D eigenvalue weighted by Crippen LogP contribution is -2.15. The summed E-state index contributed by atoms with van der Waals surface area (Å²) in [6.45, 7) is 6.02. The van der Waals surface area contributed by atoms with Gasteiger partial charge in [0.1, 0.15) is 17.8 Å². The predicted octanol–water partition coefficient (Wildman–Crippen LogP) is 4.09. The number of hydrogen-bond donors (Lipinski definition) is 1. The van der Waals surface area contributed by atoms with Gasteiger partial charge in [-0.3, -0.25) is 4.79 Å². The maximum Gasteiger partial charge on any atom is 0.257 e. The number of carbonyl (C=O) groups is 1. The molecule has 1 amide bonds. The molecule has 1 N–H and O–H groups in total. The number of nitrogens with one attached hydrogen (secondary N) is 1. The van der Waals surface area contributed by atoms with Crippen molar-refractivity contribution < 1.29 is 4.79 Å². The zero-order chi connectivity index (χ0) is 18.0. The van der Waals surface area contributed by atoms with Crippen LogP contribution in [0, 0.1) is 10.5 Å². The van der Waals surface area contributed by atoms with E-state index in [1.807, 2.05) is 41.8 Å². The number of aryl methyl sites for hydroxylation is 1. The Balaban J connectivity index is 1.88. The van der Waals surface area contributed by atoms with Crippen LogP contribution in [0.2, 0.25) is 0 Å². The van der Waals surface area contributed by atoms with Gasteiger partial charge in [-0.25, -0.2) is 4.98 Å². The van der Waals surface area contributed by atoms with Crippen molar-refractivity contribution in [2.45, 2.75) is 26.8 Å². The molecular formula is C18H18IN5O. The molecule has 0 bridgehead atoms. The van der Waals surface area contributed by atoms with Crippen LogP contribution in [0.25, 0.3) is 11.5 Å². The van der Waals surface area contributed by atoms with Gasteiger partial charge >= 0.3 is 0 Å². The molecule has 0 unspecified atom stereocenters. The second-order valence-corrected chi connectivity index (χ2v) is 7.22. The molecular weight excluding hydrogens is 429 g/mol. The first kappa shape index (κ1) is 17.5. The molecule has 2 heterocycles. The van der Waals surface area contributed by atoms with Gasteiger partial charge in [0.15, 0.2) is 5.82 Å². The summed E-state index contributed by atoms with van der Waals surface area (Å²) >= 11 is 2.19. The first-order chi connectivity index (χ1) is 12.0. The number of halogens is 1. The number of carbonyl (C=O) groups excluding carboxylic acids is 1. The first-order valence-electron chi connectivity index (χ1n) is 7.90. The minimum absolute atomic E-state index is 0.175. The molecule has 0 aliphatic carbocycles. The van der Waals surface area contributed by atoms with Crippen LogP contribution in [0.1, 0.15) is 35.8 Å². The predicted molar refractivity (Wildman–Crippen MR) is 105 cm³/mol. The van der Waals surface area contributed by atoms with Gasteiger partial charge in [0.2, 0.25) is 0 Å². The van der Waals surface area contributed by atoms with E-state index in [9.17, 15) is 4.79 Å². The molecule has 25 heavy (non-hydrogen) atoms. The second-order valence-electron chi connectivity index (χ2n) is 5.98. The van der Waals surface area contributed by atoms with Crippen molar-refractivity contribution in [1.82, 2.24) is 19.7 Å². The summed E-state index contributed by atoms with van der Waals surface area (Å²) in [5.41, 5.74) is 2.24. The van der Waals surface area contributed by atoms with Crippen molar-refractivity contribution in [2.24, 2.45) is 0 Å². The van der Waals surface area contributed by atoms with Gasteiger partial charge in [-0.05, 0) is 73.2 Å². The summed E-state index contributed by atoms with van der Waals surface area (Å²) in [4.78, 5) is 17.1. The van der Waals surface area contributed by atoms with Crippen LogP contribution in [0.5, 0.6) is 0 Å². The third kappa shape index (κ3) is 3.87. The van der Waals surface area contributed by atoms with Crippen LogP contribution < -0.4 is 5.32 Å². The maximum atomic E-state index is 12.6. The molecule has 0 aliphatic heterocycles. The largest absolute Gasteiger partial charge is 0.310 e. The zero-order valence-electron chi connectivity index (χ0n) is 14.2. The monoisotopic (exact) mass is 447 g/mol. The van der Waals surface area contributed by atoms with E-state index in [2.05, 4.69) is 56.9 Å². The fourth-order valence-electron chi connectivity index (χ4n) is 2.46. The number of rotatable bonds is 4. The highest BCUT2D eigenvalue weighted by Crippen LogP contribution is 2.20. The molecule has 0 saturated heterocycles. The number of nitrogens with zero attached hydrogens (tertiary/aromatic N) is 4. The molecule has 0 fully saturated rings. The van der Waals surface area contributed by atoms with Crippen LogP contribution in [0.3, 0.4) is 0 Å². The normalized spacial score (nSPS) is 10.9. The third-order valence-corrected chi connectivity index (χ3v) is 4.46. The maximum absolute atomic E-state index is 12.6. The molecule has 3 rings (SSSR count). The summed E-state index contributed by atoms with van der Waals surface area (Å²) in [5.74, 6) is 0.988. The number of aromatic nitrogens is 4. The van der Waals surface area contributed by atoms with Crippen LogP contribution in [0.15, 0.2) is 42.7 Å². The first-order valence-corrected chi connectivity index (χ1v) is 8.98. The van der Waals surface area contributed by atoms with Crippen molar-refractivity contribution in [3.8, 4) is 11.5 Å². The summed E-state index contributed by atoms with van der Waals surface area (Å²) in [5, 5.41) is 11.0. The lowest BCUT2D eigenvalue weighted by atomic mass is 10.1. The summed E-state index contributed by atoms with van der Waals surface area (Å²) in [6, 6.07) is 11.5. The molecule has 0 spiro atoms. The average Bonchev–Trinajstić information content (AvgIpc) is 3.07. The van der Waals surface area contributed by atoms with Gasteiger partial charge in [-0.1, -0.05) is 12.1 Å². The van der Waals surface area contributed by atoms with Gasteiger partial charge in [0, 0.05) is 15.2 Å². The molecule has 0 saturated carbocycles. The van der Waals surface area contributed by atoms with E-state index in [-0.39, 0.29) is 11.9 Å². The Morgan fingerprint density at radius 2 is 2.04 bits per heavy atom.